The summed E-state index contributed by atoms with van der Waals surface area (Å²) >= 11 is 0. The van der Waals surface area contributed by atoms with Gasteiger partial charge in [-0.05, 0) is 43.6 Å². The molecule has 1 aromatic rings. The summed E-state index contributed by atoms with van der Waals surface area (Å²) in [5.74, 6) is 1.73. The van der Waals surface area contributed by atoms with Crippen molar-refractivity contribution in [2.45, 2.75) is 24.8 Å². The SMILES string of the molecule is N[C@H](CN1CCC1)C(CCO)c1ccc2c(c1)OCCO2. The highest BCUT2D eigenvalue weighted by Crippen LogP contribution is 2.35. The molecule has 5 nitrogen and oxygen atoms in total. The molecule has 116 valence electrons. The topological polar surface area (TPSA) is 68.0 Å². The zero-order valence-electron chi connectivity index (χ0n) is 12.3. The first-order valence-corrected chi connectivity index (χ1v) is 7.76. The zero-order chi connectivity index (χ0) is 14.7. The van der Waals surface area contributed by atoms with Crippen LogP contribution in [0.3, 0.4) is 0 Å². The number of aliphatic hydroxyl groups excluding tert-OH is 1. The van der Waals surface area contributed by atoms with Crippen molar-refractivity contribution in [3.05, 3.63) is 23.8 Å². The Kier molecular flexibility index (Phi) is 4.63. The van der Waals surface area contributed by atoms with Gasteiger partial charge in [-0.3, -0.25) is 0 Å². The van der Waals surface area contributed by atoms with Crippen molar-refractivity contribution in [1.82, 2.24) is 4.90 Å². The van der Waals surface area contributed by atoms with E-state index in [1.807, 2.05) is 18.2 Å². The second-order valence-electron chi connectivity index (χ2n) is 5.84. The maximum absolute atomic E-state index is 9.37. The minimum Gasteiger partial charge on any atom is -0.486 e. The molecule has 0 radical (unpaired) electrons. The summed E-state index contributed by atoms with van der Waals surface area (Å²) in [4.78, 5) is 2.37. The van der Waals surface area contributed by atoms with Gasteiger partial charge in [0.2, 0.25) is 0 Å². The maximum atomic E-state index is 9.37. The van der Waals surface area contributed by atoms with Gasteiger partial charge >= 0.3 is 0 Å². The number of nitrogens with zero attached hydrogens (tertiary/aromatic N) is 1. The minimum absolute atomic E-state index is 0.0278. The summed E-state index contributed by atoms with van der Waals surface area (Å²) in [5, 5.41) is 9.37. The molecule has 21 heavy (non-hydrogen) atoms. The number of ether oxygens (including phenoxy) is 2. The first kappa shape index (κ1) is 14.6. The van der Waals surface area contributed by atoms with Crippen LogP contribution >= 0.6 is 0 Å². The Hall–Kier alpha value is -1.30. The van der Waals surface area contributed by atoms with Crippen molar-refractivity contribution in [2.24, 2.45) is 5.73 Å². The van der Waals surface area contributed by atoms with Crippen LogP contribution in [0.5, 0.6) is 11.5 Å². The average Bonchev–Trinajstić information content (AvgIpc) is 2.48. The molecule has 2 aliphatic rings. The monoisotopic (exact) mass is 292 g/mol. The highest BCUT2D eigenvalue weighted by Gasteiger charge is 2.25. The van der Waals surface area contributed by atoms with Crippen LogP contribution in [0.2, 0.25) is 0 Å². The first-order chi connectivity index (χ1) is 10.3. The molecule has 1 aromatic carbocycles. The van der Waals surface area contributed by atoms with Crippen LogP contribution in [0.4, 0.5) is 0 Å². The van der Waals surface area contributed by atoms with Gasteiger partial charge in [0.1, 0.15) is 13.2 Å². The molecule has 3 N–H and O–H groups in total. The van der Waals surface area contributed by atoms with Crippen LogP contribution in [0.1, 0.15) is 24.3 Å². The van der Waals surface area contributed by atoms with Crippen molar-refractivity contribution in [2.75, 3.05) is 39.5 Å². The van der Waals surface area contributed by atoms with E-state index in [1.165, 1.54) is 6.42 Å². The maximum Gasteiger partial charge on any atom is 0.161 e. The Morgan fingerprint density at radius 1 is 1.19 bits per heavy atom. The third-order valence-electron chi connectivity index (χ3n) is 4.37. The molecule has 2 heterocycles. The van der Waals surface area contributed by atoms with Crippen molar-refractivity contribution >= 4 is 0 Å². The van der Waals surface area contributed by atoms with Crippen LogP contribution in [-0.2, 0) is 0 Å². The molecule has 0 bridgehead atoms. The van der Waals surface area contributed by atoms with Gasteiger partial charge < -0.3 is 25.2 Å². The standard InChI is InChI=1S/C16H24N2O3/c17-14(11-18-5-1-6-18)13(4-7-19)12-2-3-15-16(10-12)21-9-8-20-15/h2-3,10,13-14,19H,1,4-9,11,17H2/t13?,14-/m1/s1. The molecule has 0 amide bonds. The van der Waals surface area contributed by atoms with E-state index in [1.54, 1.807) is 0 Å². The fraction of sp³-hybridized carbons (Fsp3) is 0.625. The Morgan fingerprint density at radius 3 is 2.62 bits per heavy atom. The molecule has 1 saturated heterocycles. The Balaban J connectivity index is 1.75. The number of likely N-dealkylation sites (tertiary alicyclic amines) is 1. The Labute approximate surface area is 125 Å². The molecule has 0 spiro atoms. The molecule has 1 unspecified atom stereocenters. The predicted octanol–water partition coefficient (Wildman–Crippen LogP) is 0.957. The second-order valence-corrected chi connectivity index (χ2v) is 5.84. The predicted molar refractivity (Wildman–Crippen MR) is 80.9 cm³/mol. The number of rotatable bonds is 6. The number of hydrogen-bond acceptors (Lipinski definition) is 5. The number of fused-ring (bicyclic) bond motifs is 1. The third-order valence-corrected chi connectivity index (χ3v) is 4.37. The van der Waals surface area contributed by atoms with E-state index in [2.05, 4.69) is 4.90 Å². The van der Waals surface area contributed by atoms with Crippen LogP contribution in [0.25, 0.3) is 0 Å². The highest BCUT2D eigenvalue weighted by molar-refractivity contribution is 5.45. The van der Waals surface area contributed by atoms with Gasteiger partial charge in [-0.25, -0.2) is 0 Å². The Morgan fingerprint density at radius 2 is 1.95 bits per heavy atom. The normalized spacial score (nSPS) is 20.7. The van der Waals surface area contributed by atoms with Crippen molar-refractivity contribution in [3.63, 3.8) is 0 Å². The number of hydrogen-bond donors (Lipinski definition) is 2. The van der Waals surface area contributed by atoms with Crippen LogP contribution < -0.4 is 15.2 Å². The zero-order valence-corrected chi connectivity index (χ0v) is 12.3. The summed E-state index contributed by atoms with van der Waals surface area (Å²) in [6, 6.07) is 6.04. The first-order valence-electron chi connectivity index (χ1n) is 7.76. The molecule has 2 aliphatic heterocycles. The molecular weight excluding hydrogens is 268 g/mol. The summed E-state index contributed by atoms with van der Waals surface area (Å²) in [6.07, 6.45) is 1.94. The molecule has 2 atom stereocenters. The van der Waals surface area contributed by atoms with Crippen LogP contribution in [0.15, 0.2) is 18.2 Å². The van der Waals surface area contributed by atoms with E-state index in [9.17, 15) is 5.11 Å². The summed E-state index contributed by atoms with van der Waals surface area (Å²) in [7, 11) is 0. The minimum atomic E-state index is 0.0278. The molecule has 5 heteroatoms. The van der Waals surface area contributed by atoms with Gasteiger partial charge in [0.25, 0.3) is 0 Å². The van der Waals surface area contributed by atoms with E-state index in [4.69, 9.17) is 15.2 Å². The molecule has 1 fully saturated rings. The number of benzene rings is 1. The lowest BCUT2D eigenvalue weighted by molar-refractivity contribution is 0.157. The molecule has 3 rings (SSSR count). The number of aliphatic hydroxyl groups is 1. The van der Waals surface area contributed by atoms with Crippen molar-refractivity contribution in [3.8, 4) is 11.5 Å². The summed E-state index contributed by atoms with van der Waals surface area (Å²) < 4.78 is 11.2. The molecular formula is C16H24N2O3. The molecule has 0 aliphatic carbocycles. The molecule has 0 saturated carbocycles. The van der Waals surface area contributed by atoms with Gasteiger partial charge in [0.05, 0.1) is 0 Å². The lowest BCUT2D eigenvalue weighted by Crippen LogP contribution is -2.47. The van der Waals surface area contributed by atoms with Crippen molar-refractivity contribution < 1.29 is 14.6 Å². The Bertz CT molecular complexity index is 477. The van der Waals surface area contributed by atoms with E-state index < -0.39 is 0 Å². The fourth-order valence-electron chi connectivity index (χ4n) is 3.05. The smallest absolute Gasteiger partial charge is 0.161 e. The number of nitrogens with two attached hydrogens (primary N) is 1. The van der Waals surface area contributed by atoms with E-state index in [0.717, 1.165) is 36.7 Å². The lowest BCUT2D eigenvalue weighted by atomic mass is 9.88. The third kappa shape index (κ3) is 3.31. The van der Waals surface area contributed by atoms with Gasteiger partial charge in [-0.1, -0.05) is 6.07 Å². The van der Waals surface area contributed by atoms with Gasteiger partial charge in [0, 0.05) is 25.1 Å². The lowest BCUT2D eigenvalue weighted by Gasteiger charge is -2.35. The summed E-state index contributed by atoms with van der Waals surface area (Å²) in [5.41, 5.74) is 7.52. The highest BCUT2D eigenvalue weighted by atomic mass is 16.6. The van der Waals surface area contributed by atoms with Gasteiger partial charge in [-0.15, -0.1) is 0 Å². The van der Waals surface area contributed by atoms with E-state index in [0.29, 0.717) is 19.6 Å². The summed E-state index contributed by atoms with van der Waals surface area (Å²) in [6.45, 7) is 4.50. The quantitative estimate of drug-likeness (QED) is 0.817. The molecule has 0 aromatic heterocycles. The fourth-order valence-corrected chi connectivity index (χ4v) is 3.05. The van der Waals surface area contributed by atoms with Gasteiger partial charge in [-0.2, -0.15) is 0 Å². The van der Waals surface area contributed by atoms with Crippen molar-refractivity contribution in [1.29, 1.82) is 0 Å². The van der Waals surface area contributed by atoms with E-state index >= 15 is 0 Å². The largest absolute Gasteiger partial charge is 0.486 e. The van der Waals surface area contributed by atoms with Crippen LogP contribution in [-0.4, -0.2) is 55.5 Å². The van der Waals surface area contributed by atoms with Crippen LogP contribution in [0, 0.1) is 0 Å². The average molecular weight is 292 g/mol. The van der Waals surface area contributed by atoms with E-state index in [-0.39, 0.29) is 18.6 Å². The second kappa shape index (κ2) is 6.64. The van der Waals surface area contributed by atoms with Gasteiger partial charge in [0.15, 0.2) is 11.5 Å².